The standard InChI is InChI=1S/C17H21N3O4S/c1-3-23-17(22)14-7-12(8-18)16(20-11(14)2)25-10-15(21)19-9-13-5-4-6-24-13/h7,13H,3-6,9-10H2,1-2H3,(H,19,21). The molecular weight excluding hydrogens is 342 g/mol. The molecule has 0 aromatic carbocycles. The van der Waals surface area contributed by atoms with Crippen molar-refractivity contribution in [3.05, 3.63) is 22.9 Å². The second-order valence-corrected chi connectivity index (χ2v) is 6.50. The van der Waals surface area contributed by atoms with Crippen molar-refractivity contribution >= 4 is 23.6 Å². The molecule has 25 heavy (non-hydrogen) atoms. The van der Waals surface area contributed by atoms with Crippen LogP contribution in [0, 0.1) is 18.3 Å². The maximum Gasteiger partial charge on any atom is 0.340 e. The molecule has 0 radical (unpaired) electrons. The fraction of sp³-hybridized carbons (Fsp3) is 0.529. The quantitative estimate of drug-likeness (QED) is 0.582. The van der Waals surface area contributed by atoms with Gasteiger partial charge in [0.1, 0.15) is 11.1 Å². The fourth-order valence-electron chi connectivity index (χ4n) is 2.41. The van der Waals surface area contributed by atoms with Crippen molar-refractivity contribution in [3.63, 3.8) is 0 Å². The highest BCUT2D eigenvalue weighted by Gasteiger charge is 2.18. The third kappa shape index (κ3) is 5.44. The van der Waals surface area contributed by atoms with Crippen LogP contribution in [0.15, 0.2) is 11.1 Å². The molecule has 1 amide bonds. The van der Waals surface area contributed by atoms with Crippen LogP contribution in [0.2, 0.25) is 0 Å². The molecule has 0 spiro atoms. The summed E-state index contributed by atoms with van der Waals surface area (Å²) in [5.41, 5.74) is 0.996. The number of thioether (sulfide) groups is 1. The van der Waals surface area contributed by atoms with Gasteiger partial charge >= 0.3 is 5.97 Å². The number of nitriles is 1. The summed E-state index contributed by atoms with van der Waals surface area (Å²) in [6, 6.07) is 3.48. The first kappa shape index (κ1) is 19.2. The number of esters is 1. The summed E-state index contributed by atoms with van der Waals surface area (Å²) in [6.07, 6.45) is 2.08. The molecule has 1 aliphatic rings. The number of carbonyl (C=O) groups is 2. The third-order valence-electron chi connectivity index (χ3n) is 3.68. The van der Waals surface area contributed by atoms with Crippen LogP contribution in [0.1, 0.15) is 41.4 Å². The maximum absolute atomic E-state index is 11.9. The number of rotatable bonds is 7. The highest BCUT2D eigenvalue weighted by atomic mass is 32.2. The van der Waals surface area contributed by atoms with E-state index in [1.54, 1.807) is 13.8 Å². The van der Waals surface area contributed by atoms with Crippen molar-refractivity contribution in [2.24, 2.45) is 0 Å². The van der Waals surface area contributed by atoms with Crippen molar-refractivity contribution in [1.82, 2.24) is 10.3 Å². The molecule has 1 aliphatic heterocycles. The molecular formula is C17H21N3O4S. The van der Waals surface area contributed by atoms with Crippen LogP contribution in [-0.4, -0.2) is 48.5 Å². The van der Waals surface area contributed by atoms with E-state index in [1.165, 1.54) is 17.8 Å². The second kappa shape index (κ2) is 9.39. The fourth-order valence-corrected chi connectivity index (χ4v) is 3.24. The Balaban J connectivity index is 1.96. The molecule has 1 aromatic rings. The molecule has 2 rings (SSSR count). The van der Waals surface area contributed by atoms with Gasteiger partial charge in [-0.15, -0.1) is 0 Å². The number of hydrogen-bond acceptors (Lipinski definition) is 7. The first-order valence-electron chi connectivity index (χ1n) is 8.15. The Morgan fingerprint density at radius 3 is 3.00 bits per heavy atom. The predicted octanol–water partition coefficient (Wildman–Crippen LogP) is 1.83. The van der Waals surface area contributed by atoms with Gasteiger partial charge in [0.15, 0.2) is 0 Å². The summed E-state index contributed by atoms with van der Waals surface area (Å²) in [5, 5.41) is 12.5. The highest BCUT2D eigenvalue weighted by molar-refractivity contribution is 8.00. The summed E-state index contributed by atoms with van der Waals surface area (Å²) < 4.78 is 10.4. The Hall–Kier alpha value is -2.11. The van der Waals surface area contributed by atoms with Gasteiger partial charge in [-0.05, 0) is 32.8 Å². The van der Waals surface area contributed by atoms with E-state index in [-0.39, 0.29) is 35.5 Å². The first-order valence-corrected chi connectivity index (χ1v) is 9.13. The molecule has 0 bridgehead atoms. The van der Waals surface area contributed by atoms with E-state index in [1.807, 2.05) is 6.07 Å². The molecule has 1 N–H and O–H groups in total. The Bertz CT molecular complexity index is 681. The monoisotopic (exact) mass is 363 g/mol. The number of pyridine rings is 1. The maximum atomic E-state index is 11.9. The number of amides is 1. The van der Waals surface area contributed by atoms with Gasteiger partial charge in [0.2, 0.25) is 5.91 Å². The Morgan fingerprint density at radius 2 is 2.36 bits per heavy atom. The van der Waals surface area contributed by atoms with E-state index >= 15 is 0 Å². The number of ether oxygens (including phenoxy) is 2. The zero-order valence-corrected chi connectivity index (χ0v) is 15.1. The average Bonchev–Trinajstić information content (AvgIpc) is 3.11. The molecule has 7 nitrogen and oxygen atoms in total. The van der Waals surface area contributed by atoms with Crippen LogP contribution in [0.3, 0.4) is 0 Å². The summed E-state index contributed by atoms with van der Waals surface area (Å²) in [7, 11) is 0. The number of nitrogens with zero attached hydrogens (tertiary/aromatic N) is 2. The van der Waals surface area contributed by atoms with Crippen LogP contribution in [0.25, 0.3) is 0 Å². The minimum absolute atomic E-state index is 0.0906. The highest BCUT2D eigenvalue weighted by Crippen LogP contribution is 2.23. The van der Waals surface area contributed by atoms with Crippen LogP contribution >= 0.6 is 11.8 Å². The zero-order valence-electron chi connectivity index (χ0n) is 14.3. The normalized spacial score (nSPS) is 16.3. The van der Waals surface area contributed by atoms with Crippen LogP contribution in [-0.2, 0) is 14.3 Å². The molecule has 1 saturated heterocycles. The molecule has 2 heterocycles. The minimum Gasteiger partial charge on any atom is -0.462 e. The van der Waals surface area contributed by atoms with Crippen molar-refractivity contribution < 1.29 is 19.1 Å². The Morgan fingerprint density at radius 1 is 1.56 bits per heavy atom. The van der Waals surface area contributed by atoms with Crippen LogP contribution in [0.5, 0.6) is 0 Å². The number of nitrogens with one attached hydrogen (secondary N) is 1. The Kier molecular flexibility index (Phi) is 7.22. The van der Waals surface area contributed by atoms with Gasteiger partial charge in [-0.2, -0.15) is 5.26 Å². The molecule has 1 fully saturated rings. The smallest absolute Gasteiger partial charge is 0.340 e. The topological polar surface area (TPSA) is 101 Å². The van der Waals surface area contributed by atoms with Gasteiger partial charge < -0.3 is 14.8 Å². The average molecular weight is 363 g/mol. The minimum atomic E-state index is -0.505. The summed E-state index contributed by atoms with van der Waals surface area (Å²) in [5.74, 6) is -0.500. The van der Waals surface area contributed by atoms with E-state index in [2.05, 4.69) is 10.3 Å². The lowest BCUT2D eigenvalue weighted by Gasteiger charge is -2.11. The van der Waals surface area contributed by atoms with E-state index in [9.17, 15) is 14.9 Å². The van der Waals surface area contributed by atoms with Crippen molar-refractivity contribution in [2.45, 2.75) is 37.8 Å². The van der Waals surface area contributed by atoms with Gasteiger partial charge in [0.25, 0.3) is 0 Å². The largest absolute Gasteiger partial charge is 0.462 e. The van der Waals surface area contributed by atoms with E-state index in [0.29, 0.717) is 17.3 Å². The molecule has 1 unspecified atom stereocenters. The molecule has 134 valence electrons. The van der Waals surface area contributed by atoms with Gasteiger partial charge in [-0.25, -0.2) is 9.78 Å². The molecule has 1 atom stereocenters. The lowest BCUT2D eigenvalue weighted by molar-refractivity contribution is -0.119. The van der Waals surface area contributed by atoms with Gasteiger partial charge in [0.05, 0.1) is 35.3 Å². The predicted molar refractivity (Wildman–Crippen MR) is 92.4 cm³/mol. The van der Waals surface area contributed by atoms with Crippen LogP contribution in [0.4, 0.5) is 0 Å². The SMILES string of the molecule is CCOC(=O)c1cc(C#N)c(SCC(=O)NCC2CCCO2)nc1C. The molecule has 8 heteroatoms. The lowest BCUT2D eigenvalue weighted by Crippen LogP contribution is -2.32. The Labute approximate surface area is 151 Å². The second-order valence-electron chi connectivity index (χ2n) is 5.53. The van der Waals surface area contributed by atoms with Crippen molar-refractivity contribution in [1.29, 1.82) is 5.26 Å². The zero-order chi connectivity index (χ0) is 18.2. The molecule has 0 aliphatic carbocycles. The number of aromatic nitrogens is 1. The summed E-state index contributed by atoms with van der Waals surface area (Å²) >= 11 is 1.17. The number of hydrogen-bond donors (Lipinski definition) is 1. The van der Waals surface area contributed by atoms with Crippen molar-refractivity contribution in [2.75, 3.05) is 25.5 Å². The van der Waals surface area contributed by atoms with E-state index in [4.69, 9.17) is 9.47 Å². The summed E-state index contributed by atoms with van der Waals surface area (Å²) in [4.78, 5) is 28.1. The number of carbonyl (C=O) groups excluding carboxylic acids is 2. The van der Waals surface area contributed by atoms with E-state index in [0.717, 1.165) is 19.4 Å². The first-order chi connectivity index (χ1) is 12.0. The third-order valence-corrected chi connectivity index (χ3v) is 4.68. The summed E-state index contributed by atoms with van der Waals surface area (Å²) in [6.45, 7) is 4.89. The van der Waals surface area contributed by atoms with Gasteiger partial charge in [-0.3, -0.25) is 4.79 Å². The van der Waals surface area contributed by atoms with Crippen molar-refractivity contribution in [3.8, 4) is 6.07 Å². The lowest BCUT2D eigenvalue weighted by atomic mass is 10.1. The molecule has 0 saturated carbocycles. The number of aryl methyl sites for hydroxylation is 1. The van der Waals surface area contributed by atoms with Gasteiger partial charge in [0, 0.05) is 13.2 Å². The van der Waals surface area contributed by atoms with Crippen LogP contribution < -0.4 is 5.32 Å². The molecule has 1 aromatic heterocycles. The van der Waals surface area contributed by atoms with Gasteiger partial charge in [-0.1, -0.05) is 11.8 Å². The van der Waals surface area contributed by atoms with E-state index < -0.39 is 5.97 Å².